The Morgan fingerprint density at radius 3 is 2.61 bits per heavy atom. The molecule has 38 heavy (non-hydrogen) atoms. The van der Waals surface area contributed by atoms with Crippen molar-refractivity contribution in [2.24, 2.45) is 0 Å². The van der Waals surface area contributed by atoms with E-state index in [2.05, 4.69) is 85.6 Å². The van der Waals surface area contributed by atoms with Crippen LogP contribution in [0.15, 0.2) is 30.5 Å². The summed E-state index contributed by atoms with van der Waals surface area (Å²) in [5, 5.41) is 0.542. The van der Waals surface area contributed by atoms with Crippen LogP contribution in [-0.2, 0) is 13.1 Å². The van der Waals surface area contributed by atoms with Gasteiger partial charge in [-0.3, -0.25) is 9.88 Å². The second kappa shape index (κ2) is 10.9. The molecule has 1 aliphatic rings. The lowest BCUT2D eigenvalue weighted by atomic mass is 9.97. The van der Waals surface area contributed by atoms with Crippen LogP contribution in [0.2, 0.25) is 0 Å². The van der Waals surface area contributed by atoms with Gasteiger partial charge >= 0.3 is 0 Å². The van der Waals surface area contributed by atoms with Crippen molar-refractivity contribution < 1.29 is 4.74 Å². The molecule has 0 amide bonds. The first-order valence-corrected chi connectivity index (χ1v) is 14.3. The van der Waals surface area contributed by atoms with Crippen molar-refractivity contribution in [3.8, 4) is 16.9 Å². The highest BCUT2D eigenvalue weighted by atomic mass is 32.1. The summed E-state index contributed by atoms with van der Waals surface area (Å²) in [7, 11) is 0. The molecule has 0 saturated heterocycles. The SMILES string of the molecule is CCN(CC)Cc1cc(N2CCOc3c(C)cc(-c4cnc5sc(N)nc5c4)cc3C2)c(C(C)C)c(C)n1. The van der Waals surface area contributed by atoms with E-state index in [0.717, 1.165) is 76.9 Å². The molecule has 200 valence electrons. The van der Waals surface area contributed by atoms with Gasteiger partial charge in [-0.05, 0) is 73.8 Å². The number of nitrogens with two attached hydrogens (primary N) is 1. The first-order valence-electron chi connectivity index (χ1n) is 13.5. The van der Waals surface area contributed by atoms with Crippen LogP contribution in [0, 0.1) is 13.8 Å². The van der Waals surface area contributed by atoms with Gasteiger partial charge in [0.15, 0.2) is 5.13 Å². The maximum atomic E-state index is 6.35. The van der Waals surface area contributed by atoms with E-state index in [1.165, 1.54) is 28.2 Å². The zero-order valence-electron chi connectivity index (χ0n) is 23.3. The Morgan fingerprint density at radius 1 is 1.08 bits per heavy atom. The van der Waals surface area contributed by atoms with Gasteiger partial charge in [0, 0.05) is 41.8 Å². The number of aryl methyl sites for hydroxylation is 2. The van der Waals surface area contributed by atoms with E-state index in [9.17, 15) is 0 Å². The Hall–Kier alpha value is -3.23. The minimum absolute atomic E-state index is 0.375. The monoisotopic (exact) mass is 530 g/mol. The summed E-state index contributed by atoms with van der Waals surface area (Å²) >= 11 is 1.42. The second-order valence-electron chi connectivity index (χ2n) is 10.4. The number of rotatable bonds is 7. The number of thiazole rings is 1. The fourth-order valence-corrected chi connectivity index (χ4v) is 6.20. The summed E-state index contributed by atoms with van der Waals surface area (Å²) in [6, 6.07) is 8.83. The fourth-order valence-electron chi connectivity index (χ4n) is 5.54. The van der Waals surface area contributed by atoms with E-state index in [1.807, 2.05) is 6.20 Å². The van der Waals surface area contributed by atoms with Crippen LogP contribution in [-0.4, -0.2) is 46.1 Å². The Kier molecular flexibility index (Phi) is 7.54. The fraction of sp³-hybridized carbons (Fsp3) is 0.433. The molecule has 0 saturated carbocycles. The van der Waals surface area contributed by atoms with E-state index >= 15 is 0 Å². The lowest BCUT2D eigenvalue weighted by Crippen LogP contribution is -2.28. The Balaban J connectivity index is 1.55. The Labute approximate surface area is 229 Å². The van der Waals surface area contributed by atoms with Crippen molar-refractivity contribution >= 4 is 32.5 Å². The third-order valence-electron chi connectivity index (χ3n) is 7.40. The van der Waals surface area contributed by atoms with Crippen LogP contribution in [0.4, 0.5) is 10.8 Å². The molecule has 0 atom stereocenters. The largest absolute Gasteiger partial charge is 0.491 e. The standard InChI is InChI=1S/C30H38N6OS/c1-7-35(8-2)17-24-14-26(27(18(3)4)20(6)33-24)36-9-10-37-28-19(5)11-21(12-23(28)16-36)22-13-25-29(32-15-22)38-30(31)34-25/h11-15,18H,7-10,16-17H2,1-6H3,(H2,31,34). The van der Waals surface area contributed by atoms with E-state index in [0.29, 0.717) is 17.7 Å². The Morgan fingerprint density at radius 2 is 1.87 bits per heavy atom. The molecule has 5 rings (SSSR count). The van der Waals surface area contributed by atoms with Crippen LogP contribution in [0.3, 0.4) is 0 Å². The molecular formula is C30H38N6OS. The van der Waals surface area contributed by atoms with Gasteiger partial charge in [-0.1, -0.05) is 39.0 Å². The Bertz CT molecular complexity index is 1460. The highest BCUT2D eigenvalue weighted by Crippen LogP contribution is 2.37. The van der Waals surface area contributed by atoms with E-state index in [4.69, 9.17) is 15.5 Å². The van der Waals surface area contributed by atoms with Gasteiger partial charge in [0.05, 0.1) is 12.2 Å². The number of anilines is 2. The molecular weight excluding hydrogens is 492 g/mol. The van der Waals surface area contributed by atoms with Gasteiger partial charge in [-0.25, -0.2) is 9.97 Å². The lowest BCUT2D eigenvalue weighted by Gasteiger charge is -2.29. The summed E-state index contributed by atoms with van der Waals surface area (Å²) in [6.07, 6.45) is 1.92. The molecule has 0 spiro atoms. The minimum Gasteiger partial charge on any atom is -0.491 e. The first-order chi connectivity index (χ1) is 18.3. The van der Waals surface area contributed by atoms with Gasteiger partial charge in [0.25, 0.3) is 0 Å². The third-order valence-corrected chi connectivity index (χ3v) is 8.20. The van der Waals surface area contributed by atoms with Crippen LogP contribution < -0.4 is 15.4 Å². The number of hydrogen-bond donors (Lipinski definition) is 1. The van der Waals surface area contributed by atoms with Crippen molar-refractivity contribution in [1.82, 2.24) is 19.9 Å². The number of aromatic nitrogens is 3. The molecule has 1 aliphatic heterocycles. The molecule has 2 N–H and O–H groups in total. The van der Waals surface area contributed by atoms with E-state index < -0.39 is 0 Å². The van der Waals surface area contributed by atoms with Crippen molar-refractivity contribution in [3.05, 3.63) is 58.5 Å². The third kappa shape index (κ3) is 5.20. The summed E-state index contributed by atoms with van der Waals surface area (Å²) < 4.78 is 6.35. The highest BCUT2D eigenvalue weighted by molar-refractivity contribution is 7.21. The molecule has 0 unspecified atom stereocenters. The maximum Gasteiger partial charge on any atom is 0.182 e. The van der Waals surface area contributed by atoms with Crippen molar-refractivity contribution in [3.63, 3.8) is 0 Å². The predicted octanol–water partition coefficient (Wildman–Crippen LogP) is 6.32. The molecule has 0 bridgehead atoms. The normalized spacial score (nSPS) is 13.7. The van der Waals surface area contributed by atoms with Gasteiger partial charge in [-0.2, -0.15) is 0 Å². The lowest BCUT2D eigenvalue weighted by molar-refractivity contribution is 0.292. The van der Waals surface area contributed by atoms with E-state index in [1.54, 1.807) is 0 Å². The second-order valence-corrected chi connectivity index (χ2v) is 11.4. The smallest absolute Gasteiger partial charge is 0.182 e. The molecule has 1 aromatic carbocycles. The summed E-state index contributed by atoms with van der Waals surface area (Å²) in [4.78, 5) is 19.8. The van der Waals surface area contributed by atoms with Gasteiger partial charge in [0.1, 0.15) is 22.7 Å². The maximum absolute atomic E-state index is 6.35. The van der Waals surface area contributed by atoms with Gasteiger partial charge in [-0.15, -0.1) is 0 Å². The topological polar surface area (TPSA) is 80.4 Å². The van der Waals surface area contributed by atoms with E-state index in [-0.39, 0.29) is 0 Å². The van der Waals surface area contributed by atoms with Crippen LogP contribution in [0.25, 0.3) is 21.5 Å². The van der Waals surface area contributed by atoms with Crippen molar-refractivity contribution in [2.45, 2.75) is 60.5 Å². The average molecular weight is 531 g/mol. The number of hydrogen-bond acceptors (Lipinski definition) is 8. The molecule has 0 aliphatic carbocycles. The number of nitrogen functional groups attached to an aromatic ring is 1. The summed E-state index contributed by atoms with van der Waals surface area (Å²) in [5.41, 5.74) is 16.1. The van der Waals surface area contributed by atoms with Gasteiger partial charge < -0.3 is 15.4 Å². The first kappa shape index (κ1) is 26.4. The van der Waals surface area contributed by atoms with Crippen molar-refractivity contribution in [1.29, 1.82) is 0 Å². The zero-order valence-corrected chi connectivity index (χ0v) is 24.2. The number of ether oxygens (including phenoxy) is 1. The molecule has 8 heteroatoms. The molecule has 4 heterocycles. The quantitative estimate of drug-likeness (QED) is 0.300. The number of pyridine rings is 2. The van der Waals surface area contributed by atoms with Crippen LogP contribution in [0.5, 0.6) is 5.75 Å². The summed E-state index contributed by atoms with van der Waals surface area (Å²) in [6.45, 7) is 18.3. The molecule has 0 fully saturated rings. The number of benzene rings is 1. The molecule has 3 aromatic heterocycles. The molecule has 4 aromatic rings. The summed E-state index contributed by atoms with van der Waals surface area (Å²) in [5.74, 6) is 1.36. The predicted molar refractivity (Wildman–Crippen MR) is 158 cm³/mol. The molecule has 0 radical (unpaired) electrons. The number of nitrogens with zero attached hydrogens (tertiary/aromatic N) is 5. The minimum atomic E-state index is 0.375. The van der Waals surface area contributed by atoms with Crippen LogP contribution >= 0.6 is 11.3 Å². The van der Waals surface area contributed by atoms with Gasteiger partial charge in [0.2, 0.25) is 0 Å². The highest BCUT2D eigenvalue weighted by Gasteiger charge is 2.24. The average Bonchev–Trinajstić information content (AvgIpc) is 3.11. The number of fused-ring (bicyclic) bond motifs is 2. The van der Waals surface area contributed by atoms with Crippen molar-refractivity contribution in [2.75, 3.05) is 36.9 Å². The molecule has 7 nitrogen and oxygen atoms in total. The van der Waals surface area contributed by atoms with Crippen LogP contribution in [0.1, 0.15) is 61.7 Å². The zero-order chi connectivity index (χ0) is 27.0.